The summed E-state index contributed by atoms with van der Waals surface area (Å²) in [4.78, 5) is 24.5. The SMILES string of the molecule is CCSc1ccc(C(C)NC(=O)[C@@H]2CC[C@H](C(=O)O)C2)cc1. The zero-order valence-electron chi connectivity index (χ0n) is 13.0. The maximum atomic E-state index is 12.3. The van der Waals surface area contributed by atoms with Crippen molar-refractivity contribution in [3.63, 3.8) is 0 Å². The van der Waals surface area contributed by atoms with Gasteiger partial charge in [-0.1, -0.05) is 19.1 Å². The van der Waals surface area contributed by atoms with Crippen LogP contribution in [0.25, 0.3) is 0 Å². The fourth-order valence-electron chi connectivity index (χ4n) is 2.88. The summed E-state index contributed by atoms with van der Waals surface area (Å²) in [5.41, 5.74) is 1.07. The number of amides is 1. The molecule has 1 aliphatic rings. The number of thioether (sulfide) groups is 1. The number of benzene rings is 1. The van der Waals surface area contributed by atoms with E-state index in [1.165, 1.54) is 4.90 Å². The molecule has 1 aliphatic carbocycles. The van der Waals surface area contributed by atoms with E-state index >= 15 is 0 Å². The first-order valence-corrected chi connectivity index (χ1v) is 8.75. The number of aliphatic carboxylic acids is 1. The highest BCUT2D eigenvalue weighted by Crippen LogP contribution is 2.31. The summed E-state index contributed by atoms with van der Waals surface area (Å²) in [5.74, 6) is -0.302. The first-order chi connectivity index (χ1) is 10.5. The Labute approximate surface area is 135 Å². The molecule has 120 valence electrons. The van der Waals surface area contributed by atoms with Gasteiger partial charge in [-0.2, -0.15) is 0 Å². The Bertz CT molecular complexity index is 529. The van der Waals surface area contributed by atoms with Crippen LogP contribution in [0.15, 0.2) is 29.2 Å². The number of carbonyl (C=O) groups excluding carboxylic acids is 1. The van der Waals surface area contributed by atoms with E-state index < -0.39 is 5.97 Å². The van der Waals surface area contributed by atoms with Gasteiger partial charge in [0.2, 0.25) is 5.91 Å². The predicted molar refractivity (Wildman–Crippen MR) is 87.9 cm³/mol. The lowest BCUT2D eigenvalue weighted by Crippen LogP contribution is -2.32. The molecule has 0 bridgehead atoms. The van der Waals surface area contributed by atoms with E-state index in [0.717, 1.165) is 11.3 Å². The number of hydrogen-bond acceptors (Lipinski definition) is 3. The van der Waals surface area contributed by atoms with Crippen LogP contribution in [0.4, 0.5) is 0 Å². The molecule has 0 radical (unpaired) electrons. The van der Waals surface area contributed by atoms with Crippen molar-refractivity contribution in [1.82, 2.24) is 5.32 Å². The number of nitrogens with one attached hydrogen (secondary N) is 1. The second kappa shape index (κ2) is 7.68. The second-order valence-corrected chi connectivity index (χ2v) is 7.11. The van der Waals surface area contributed by atoms with E-state index in [-0.39, 0.29) is 23.8 Å². The van der Waals surface area contributed by atoms with Gasteiger partial charge in [0.05, 0.1) is 12.0 Å². The van der Waals surface area contributed by atoms with E-state index in [0.29, 0.717) is 19.3 Å². The summed E-state index contributed by atoms with van der Waals surface area (Å²) in [7, 11) is 0. The molecule has 1 aromatic carbocycles. The van der Waals surface area contributed by atoms with Crippen molar-refractivity contribution in [2.45, 2.75) is 44.0 Å². The van der Waals surface area contributed by atoms with Crippen molar-refractivity contribution in [3.05, 3.63) is 29.8 Å². The molecular weight excluding hydrogens is 298 g/mol. The number of carboxylic acid groups (broad SMARTS) is 1. The lowest BCUT2D eigenvalue weighted by atomic mass is 10.0. The standard InChI is InChI=1S/C17H23NO3S/c1-3-22-15-8-6-12(7-9-15)11(2)18-16(19)13-4-5-14(10-13)17(20)21/h6-9,11,13-14H,3-5,10H2,1-2H3,(H,18,19)(H,20,21)/t11?,13-,14+/m1/s1. The van der Waals surface area contributed by atoms with Crippen molar-refractivity contribution >= 4 is 23.6 Å². The number of hydrogen-bond donors (Lipinski definition) is 2. The molecule has 1 amide bonds. The summed E-state index contributed by atoms with van der Waals surface area (Å²) >= 11 is 1.79. The Morgan fingerprint density at radius 1 is 1.27 bits per heavy atom. The molecule has 1 unspecified atom stereocenters. The third-order valence-electron chi connectivity index (χ3n) is 4.20. The molecule has 0 spiro atoms. The predicted octanol–water partition coefficient (Wildman–Crippen LogP) is 3.48. The van der Waals surface area contributed by atoms with E-state index in [1.807, 2.05) is 19.1 Å². The monoisotopic (exact) mass is 321 g/mol. The number of carbonyl (C=O) groups is 2. The molecule has 0 heterocycles. The molecule has 4 nitrogen and oxygen atoms in total. The van der Waals surface area contributed by atoms with Crippen LogP contribution in [0.1, 0.15) is 44.7 Å². The average Bonchev–Trinajstić information content (AvgIpc) is 2.98. The zero-order chi connectivity index (χ0) is 16.1. The van der Waals surface area contributed by atoms with Gasteiger partial charge in [0.25, 0.3) is 0 Å². The Morgan fingerprint density at radius 2 is 1.91 bits per heavy atom. The molecule has 0 saturated heterocycles. The van der Waals surface area contributed by atoms with Gasteiger partial charge in [0.1, 0.15) is 0 Å². The van der Waals surface area contributed by atoms with E-state index in [1.54, 1.807) is 11.8 Å². The first-order valence-electron chi connectivity index (χ1n) is 7.77. The van der Waals surface area contributed by atoms with Crippen LogP contribution in [0.2, 0.25) is 0 Å². The summed E-state index contributed by atoms with van der Waals surface area (Å²) in [6.07, 6.45) is 1.73. The van der Waals surface area contributed by atoms with Crippen molar-refractivity contribution in [1.29, 1.82) is 0 Å². The fraction of sp³-hybridized carbons (Fsp3) is 0.529. The molecular formula is C17H23NO3S. The van der Waals surface area contributed by atoms with Crippen molar-refractivity contribution in [2.24, 2.45) is 11.8 Å². The molecule has 1 saturated carbocycles. The van der Waals surface area contributed by atoms with E-state index in [2.05, 4.69) is 24.4 Å². The smallest absolute Gasteiger partial charge is 0.306 e. The quantitative estimate of drug-likeness (QED) is 0.787. The van der Waals surface area contributed by atoms with Gasteiger partial charge >= 0.3 is 5.97 Å². The van der Waals surface area contributed by atoms with Gasteiger partial charge in [-0.25, -0.2) is 0 Å². The normalized spacial score (nSPS) is 22.3. The average molecular weight is 321 g/mol. The van der Waals surface area contributed by atoms with Crippen LogP contribution >= 0.6 is 11.8 Å². The largest absolute Gasteiger partial charge is 0.481 e. The first kappa shape index (κ1) is 16.9. The van der Waals surface area contributed by atoms with Gasteiger partial charge in [0, 0.05) is 10.8 Å². The fourth-order valence-corrected chi connectivity index (χ4v) is 3.54. The molecule has 1 aromatic rings. The maximum absolute atomic E-state index is 12.3. The van der Waals surface area contributed by atoms with Crippen molar-refractivity contribution < 1.29 is 14.7 Å². The summed E-state index contributed by atoms with van der Waals surface area (Å²) in [6.45, 7) is 4.08. The Hall–Kier alpha value is -1.49. The number of rotatable bonds is 6. The molecule has 3 atom stereocenters. The van der Waals surface area contributed by atoms with Crippen LogP contribution < -0.4 is 5.32 Å². The van der Waals surface area contributed by atoms with Crippen LogP contribution in [-0.2, 0) is 9.59 Å². The van der Waals surface area contributed by atoms with Crippen LogP contribution in [-0.4, -0.2) is 22.7 Å². The molecule has 1 fully saturated rings. The van der Waals surface area contributed by atoms with Gasteiger partial charge in [-0.3, -0.25) is 9.59 Å². The van der Waals surface area contributed by atoms with Gasteiger partial charge in [0.15, 0.2) is 0 Å². The maximum Gasteiger partial charge on any atom is 0.306 e. The lowest BCUT2D eigenvalue weighted by Gasteiger charge is -2.17. The third-order valence-corrected chi connectivity index (χ3v) is 5.10. The van der Waals surface area contributed by atoms with Gasteiger partial charge in [-0.05, 0) is 49.6 Å². The van der Waals surface area contributed by atoms with Gasteiger partial charge in [-0.15, -0.1) is 11.8 Å². The van der Waals surface area contributed by atoms with E-state index in [4.69, 9.17) is 5.11 Å². The minimum atomic E-state index is -0.785. The van der Waals surface area contributed by atoms with Crippen LogP contribution in [0, 0.1) is 11.8 Å². The van der Waals surface area contributed by atoms with E-state index in [9.17, 15) is 9.59 Å². The van der Waals surface area contributed by atoms with Gasteiger partial charge < -0.3 is 10.4 Å². The Kier molecular flexibility index (Phi) is 5.89. The molecule has 2 N–H and O–H groups in total. The molecule has 0 aliphatic heterocycles. The molecule has 0 aromatic heterocycles. The third kappa shape index (κ3) is 4.26. The summed E-state index contributed by atoms with van der Waals surface area (Å²) in [5, 5.41) is 12.0. The highest BCUT2D eigenvalue weighted by atomic mass is 32.2. The minimum absolute atomic E-state index is 0.0248. The highest BCUT2D eigenvalue weighted by molar-refractivity contribution is 7.99. The topological polar surface area (TPSA) is 66.4 Å². The number of carboxylic acids is 1. The van der Waals surface area contributed by atoms with Crippen molar-refractivity contribution in [3.8, 4) is 0 Å². The zero-order valence-corrected chi connectivity index (χ0v) is 13.9. The molecule has 5 heteroatoms. The van der Waals surface area contributed by atoms with Crippen molar-refractivity contribution in [2.75, 3.05) is 5.75 Å². The van der Waals surface area contributed by atoms with Crippen LogP contribution in [0.3, 0.4) is 0 Å². The summed E-state index contributed by atoms with van der Waals surface area (Å²) in [6, 6.07) is 8.16. The summed E-state index contributed by atoms with van der Waals surface area (Å²) < 4.78 is 0. The lowest BCUT2D eigenvalue weighted by molar-refractivity contribution is -0.141. The van der Waals surface area contributed by atoms with Crippen LogP contribution in [0.5, 0.6) is 0 Å². The highest BCUT2D eigenvalue weighted by Gasteiger charge is 2.34. The Morgan fingerprint density at radius 3 is 2.45 bits per heavy atom. The Balaban J connectivity index is 1.89. The molecule has 22 heavy (non-hydrogen) atoms. The minimum Gasteiger partial charge on any atom is -0.481 e. The molecule has 2 rings (SSSR count). The second-order valence-electron chi connectivity index (χ2n) is 5.78.